The van der Waals surface area contributed by atoms with Crippen LogP contribution in [0.15, 0.2) is 24.3 Å². The fourth-order valence-corrected chi connectivity index (χ4v) is 2.06. The number of piperazine rings is 1. The van der Waals surface area contributed by atoms with E-state index < -0.39 is 6.09 Å². The molecule has 112 valence electrons. The molecule has 1 saturated heterocycles. The van der Waals surface area contributed by atoms with Gasteiger partial charge in [-0.2, -0.15) is 0 Å². The summed E-state index contributed by atoms with van der Waals surface area (Å²) in [5, 5.41) is 8.83. The van der Waals surface area contributed by atoms with Crippen molar-refractivity contribution in [2.45, 2.75) is 0 Å². The van der Waals surface area contributed by atoms with E-state index in [0.717, 1.165) is 0 Å². The van der Waals surface area contributed by atoms with E-state index in [1.165, 1.54) is 4.90 Å². The molecule has 0 spiro atoms. The summed E-state index contributed by atoms with van der Waals surface area (Å²) in [6.07, 6.45) is -0.260. The Bertz CT molecular complexity index is 538. The van der Waals surface area contributed by atoms with Crippen LogP contribution in [-0.2, 0) is 4.79 Å². The zero-order chi connectivity index (χ0) is 15.2. The molecular weight excluding hydrogens is 276 g/mol. The second-order valence-electron chi connectivity index (χ2n) is 4.63. The molecule has 1 aliphatic heterocycles. The fourth-order valence-electron chi connectivity index (χ4n) is 2.06. The Labute approximate surface area is 121 Å². The van der Waals surface area contributed by atoms with Crippen molar-refractivity contribution in [3.8, 4) is 5.75 Å². The SMILES string of the molecule is O=Cc1cccc(OCC(=O)N2CCN(C(=O)O)CC2)c1. The highest BCUT2D eigenvalue weighted by Crippen LogP contribution is 2.12. The fraction of sp³-hybridized carbons (Fsp3) is 0.357. The Morgan fingerprint density at radius 1 is 1.19 bits per heavy atom. The number of ether oxygens (including phenoxy) is 1. The number of nitrogens with zero attached hydrogens (tertiary/aromatic N) is 2. The van der Waals surface area contributed by atoms with Gasteiger partial charge in [0.05, 0.1) is 0 Å². The number of benzene rings is 1. The van der Waals surface area contributed by atoms with Gasteiger partial charge < -0.3 is 19.6 Å². The first kappa shape index (κ1) is 14.8. The second kappa shape index (κ2) is 6.74. The Kier molecular flexibility index (Phi) is 4.76. The summed E-state index contributed by atoms with van der Waals surface area (Å²) in [5.74, 6) is 0.258. The molecule has 0 atom stereocenters. The minimum Gasteiger partial charge on any atom is -0.484 e. The molecule has 0 radical (unpaired) electrons. The third-order valence-corrected chi connectivity index (χ3v) is 3.26. The lowest BCUT2D eigenvalue weighted by atomic mass is 10.2. The normalized spacial score (nSPS) is 14.7. The van der Waals surface area contributed by atoms with Gasteiger partial charge in [0.25, 0.3) is 5.91 Å². The molecule has 1 aromatic carbocycles. The quantitative estimate of drug-likeness (QED) is 0.825. The number of amides is 2. The van der Waals surface area contributed by atoms with Crippen LogP contribution in [0.25, 0.3) is 0 Å². The van der Waals surface area contributed by atoms with Crippen LogP contribution in [0.4, 0.5) is 4.79 Å². The largest absolute Gasteiger partial charge is 0.484 e. The maximum atomic E-state index is 12.0. The monoisotopic (exact) mass is 292 g/mol. The van der Waals surface area contributed by atoms with Crippen LogP contribution in [0.3, 0.4) is 0 Å². The van der Waals surface area contributed by atoms with Crippen LogP contribution < -0.4 is 4.74 Å². The van der Waals surface area contributed by atoms with Crippen molar-refractivity contribution < 1.29 is 24.2 Å². The predicted molar refractivity (Wildman–Crippen MR) is 73.5 cm³/mol. The summed E-state index contributed by atoms with van der Waals surface area (Å²) < 4.78 is 5.36. The molecule has 21 heavy (non-hydrogen) atoms. The Morgan fingerprint density at radius 2 is 1.86 bits per heavy atom. The minimum absolute atomic E-state index is 0.130. The molecule has 0 aliphatic carbocycles. The van der Waals surface area contributed by atoms with Gasteiger partial charge in [-0.3, -0.25) is 9.59 Å². The summed E-state index contributed by atoms with van der Waals surface area (Å²) in [4.78, 5) is 36.2. The Balaban J connectivity index is 1.82. The molecule has 2 amide bonds. The highest BCUT2D eigenvalue weighted by Gasteiger charge is 2.23. The van der Waals surface area contributed by atoms with E-state index in [1.807, 2.05) is 0 Å². The summed E-state index contributed by atoms with van der Waals surface area (Å²) in [6, 6.07) is 6.55. The first-order valence-corrected chi connectivity index (χ1v) is 6.54. The molecule has 1 fully saturated rings. The van der Waals surface area contributed by atoms with Crippen LogP contribution in [0, 0.1) is 0 Å². The van der Waals surface area contributed by atoms with Gasteiger partial charge in [-0.15, -0.1) is 0 Å². The van der Waals surface area contributed by atoms with Crippen LogP contribution in [0.1, 0.15) is 10.4 Å². The van der Waals surface area contributed by atoms with Crippen molar-refractivity contribution in [1.29, 1.82) is 0 Å². The van der Waals surface area contributed by atoms with E-state index in [4.69, 9.17) is 9.84 Å². The number of rotatable bonds is 4. The topological polar surface area (TPSA) is 87.2 Å². The van der Waals surface area contributed by atoms with Gasteiger partial charge in [-0.25, -0.2) is 4.79 Å². The molecule has 1 heterocycles. The van der Waals surface area contributed by atoms with Crippen LogP contribution in [0.2, 0.25) is 0 Å². The standard InChI is InChI=1S/C14H16N2O5/c17-9-11-2-1-3-12(8-11)21-10-13(18)15-4-6-16(7-5-15)14(19)20/h1-3,8-9H,4-7,10H2,(H,19,20). The molecule has 2 rings (SSSR count). The van der Waals surface area contributed by atoms with Gasteiger partial charge in [-0.05, 0) is 12.1 Å². The predicted octanol–water partition coefficient (Wildman–Crippen LogP) is 0.700. The maximum absolute atomic E-state index is 12.0. The van der Waals surface area contributed by atoms with Gasteiger partial charge in [0.2, 0.25) is 0 Å². The van der Waals surface area contributed by atoms with Gasteiger partial charge in [-0.1, -0.05) is 12.1 Å². The third kappa shape index (κ3) is 3.95. The molecule has 1 N–H and O–H groups in total. The van der Waals surface area contributed by atoms with Crippen molar-refractivity contribution in [2.24, 2.45) is 0 Å². The number of carboxylic acid groups (broad SMARTS) is 1. The highest BCUT2D eigenvalue weighted by atomic mass is 16.5. The molecule has 0 saturated carbocycles. The number of hydrogen-bond acceptors (Lipinski definition) is 4. The molecular formula is C14H16N2O5. The summed E-state index contributed by atoms with van der Waals surface area (Å²) in [7, 11) is 0. The summed E-state index contributed by atoms with van der Waals surface area (Å²) in [5.41, 5.74) is 0.482. The van der Waals surface area contributed by atoms with Crippen LogP contribution >= 0.6 is 0 Å². The van der Waals surface area contributed by atoms with Crippen LogP contribution in [-0.4, -0.2) is 66.0 Å². The third-order valence-electron chi connectivity index (χ3n) is 3.26. The smallest absolute Gasteiger partial charge is 0.407 e. The summed E-state index contributed by atoms with van der Waals surface area (Å²) >= 11 is 0. The zero-order valence-electron chi connectivity index (χ0n) is 11.4. The molecule has 0 bridgehead atoms. The van der Waals surface area contributed by atoms with Gasteiger partial charge in [0.1, 0.15) is 12.0 Å². The number of carbonyl (C=O) groups excluding carboxylic acids is 2. The van der Waals surface area contributed by atoms with Gasteiger partial charge >= 0.3 is 6.09 Å². The van der Waals surface area contributed by atoms with E-state index in [-0.39, 0.29) is 12.5 Å². The lowest BCUT2D eigenvalue weighted by Gasteiger charge is -2.33. The Morgan fingerprint density at radius 3 is 2.48 bits per heavy atom. The lowest BCUT2D eigenvalue weighted by Crippen LogP contribution is -2.51. The van der Waals surface area contributed by atoms with E-state index in [2.05, 4.69) is 0 Å². The molecule has 7 heteroatoms. The average molecular weight is 292 g/mol. The Hall–Kier alpha value is -2.57. The zero-order valence-corrected chi connectivity index (χ0v) is 11.4. The molecule has 1 aliphatic rings. The lowest BCUT2D eigenvalue weighted by molar-refractivity contribution is -0.134. The van der Waals surface area contributed by atoms with Gasteiger partial charge in [0, 0.05) is 31.7 Å². The van der Waals surface area contributed by atoms with E-state index in [0.29, 0.717) is 43.8 Å². The van der Waals surface area contributed by atoms with Crippen molar-refractivity contribution >= 4 is 18.3 Å². The van der Waals surface area contributed by atoms with Crippen molar-refractivity contribution in [2.75, 3.05) is 32.8 Å². The highest BCUT2D eigenvalue weighted by molar-refractivity contribution is 5.78. The number of aldehydes is 1. The van der Waals surface area contributed by atoms with E-state index in [1.54, 1.807) is 29.2 Å². The van der Waals surface area contributed by atoms with Crippen molar-refractivity contribution in [3.63, 3.8) is 0 Å². The van der Waals surface area contributed by atoms with E-state index in [9.17, 15) is 14.4 Å². The van der Waals surface area contributed by atoms with Crippen molar-refractivity contribution in [3.05, 3.63) is 29.8 Å². The minimum atomic E-state index is -0.968. The van der Waals surface area contributed by atoms with Crippen LogP contribution in [0.5, 0.6) is 5.75 Å². The molecule has 0 aromatic heterocycles. The number of hydrogen-bond donors (Lipinski definition) is 1. The maximum Gasteiger partial charge on any atom is 0.407 e. The number of carbonyl (C=O) groups is 3. The van der Waals surface area contributed by atoms with Gasteiger partial charge in [0.15, 0.2) is 6.61 Å². The second-order valence-corrected chi connectivity index (χ2v) is 4.63. The molecule has 7 nitrogen and oxygen atoms in total. The molecule has 0 unspecified atom stereocenters. The first-order chi connectivity index (χ1) is 10.1. The molecule has 1 aromatic rings. The van der Waals surface area contributed by atoms with E-state index >= 15 is 0 Å². The average Bonchev–Trinajstić information content (AvgIpc) is 2.53. The van der Waals surface area contributed by atoms with Crippen molar-refractivity contribution in [1.82, 2.24) is 9.80 Å². The first-order valence-electron chi connectivity index (χ1n) is 6.54. The summed E-state index contributed by atoms with van der Waals surface area (Å²) in [6.45, 7) is 1.21.